The lowest BCUT2D eigenvalue weighted by Gasteiger charge is -2.33. The molecule has 3 rings (SSSR count). The van der Waals surface area contributed by atoms with Crippen molar-refractivity contribution in [1.82, 2.24) is 0 Å². The topological polar surface area (TPSA) is 46.6 Å². The molecule has 0 aliphatic carbocycles. The van der Waals surface area contributed by atoms with Gasteiger partial charge in [0.05, 0.1) is 5.69 Å². The normalized spacial score (nSPS) is 17.0. The zero-order valence-electron chi connectivity index (χ0n) is 12.4. The predicted molar refractivity (Wildman–Crippen MR) is 84.0 cm³/mol. The number of amides is 1. The quantitative estimate of drug-likeness (QED) is 0.846. The van der Waals surface area contributed by atoms with Gasteiger partial charge in [-0.2, -0.15) is 0 Å². The number of rotatable bonds is 2. The molecule has 4 nitrogen and oxygen atoms in total. The molecule has 2 aromatic rings. The Labute approximate surface area is 129 Å². The first-order chi connectivity index (χ1) is 10.7. The minimum absolute atomic E-state index is 0.0650. The van der Waals surface area contributed by atoms with Crippen molar-refractivity contribution < 1.29 is 14.3 Å². The first-order valence-corrected chi connectivity index (χ1v) is 7.29. The molecular weight excluding hydrogens is 278 g/mol. The van der Waals surface area contributed by atoms with Crippen LogP contribution in [0.5, 0.6) is 0 Å². The summed E-state index contributed by atoms with van der Waals surface area (Å²) in [6, 6.07) is 16.5. The van der Waals surface area contributed by atoms with Crippen LogP contribution in [0.4, 0.5) is 10.5 Å². The smallest absolute Gasteiger partial charge is 0.414 e. The number of ketones is 1. The van der Waals surface area contributed by atoms with E-state index in [2.05, 4.69) is 0 Å². The number of fused-ring (bicyclic) bond motifs is 1. The molecule has 0 N–H and O–H groups in total. The molecule has 0 spiro atoms. The number of hydrogen-bond donors (Lipinski definition) is 0. The van der Waals surface area contributed by atoms with Gasteiger partial charge in [0.1, 0.15) is 6.61 Å². The average Bonchev–Trinajstić information content (AvgIpc) is 2.54. The van der Waals surface area contributed by atoms with Crippen LogP contribution in [0.3, 0.4) is 0 Å². The number of hydrogen-bond acceptors (Lipinski definition) is 3. The molecule has 1 aliphatic rings. The van der Waals surface area contributed by atoms with Crippen LogP contribution < -0.4 is 4.90 Å². The van der Waals surface area contributed by atoms with E-state index in [9.17, 15) is 9.59 Å². The van der Waals surface area contributed by atoms with Gasteiger partial charge in [0.2, 0.25) is 0 Å². The van der Waals surface area contributed by atoms with E-state index >= 15 is 0 Å². The van der Waals surface area contributed by atoms with E-state index in [1.54, 1.807) is 23.1 Å². The zero-order valence-corrected chi connectivity index (χ0v) is 12.4. The molecule has 2 aromatic carbocycles. The van der Waals surface area contributed by atoms with E-state index in [1.807, 2.05) is 43.3 Å². The highest BCUT2D eigenvalue weighted by Crippen LogP contribution is 2.31. The fourth-order valence-electron chi connectivity index (χ4n) is 2.69. The maximum absolute atomic E-state index is 12.4. The van der Waals surface area contributed by atoms with Gasteiger partial charge in [0, 0.05) is 18.0 Å². The summed E-state index contributed by atoms with van der Waals surface area (Å²) >= 11 is 0. The average molecular weight is 295 g/mol. The summed E-state index contributed by atoms with van der Waals surface area (Å²) in [5, 5.41) is 0. The highest BCUT2D eigenvalue weighted by Gasteiger charge is 2.33. The Bertz CT molecular complexity index is 696. The Morgan fingerprint density at radius 3 is 2.59 bits per heavy atom. The Kier molecular flexibility index (Phi) is 3.92. The van der Waals surface area contributed by atoms with Crippen molar-refractivity contribution in [2.24, 2.45) is 0 Å². The Hall–Kier alpha value is -2.62. The molecule has 0 radical (unpaired) electrons. The summed E-state index contributed by atoms with van der Waals surface area (Å²) < 4.78 is 5.41. The fourth-order valence-corrected chi connectivity index (χ4v) is 2.69. The molecular formula is C18H17NO3. The van der Waals surface area contributed by atoms with Gasteiger partial charge >= 0.3 is 6.09 Å². The standard InChI is InChI=1S/C18H17NO3/c1-13-11-17(20)15-9-5-6-10-16(15)19(13)18(21)22-12-14-7-3-2-4-8-14/h2-10,13H,11-12H2,1H3/t13-/m0/s1. The largest absolute Gasteiger partial charge is 0.444 e. The maximum atomic E-state index is 12.4. The third-order valence-corrected chi connectivity index (χ3v) is 3.79. The molecule has 112 valence electrons. The fraction of sp³-hybridized carbons (Fsp3) is 0.222. The first-order valence-electron chi connectivity index (χ1n) is 7.29. The Morgan fingerprint density at radius 1 is 1.14 bits per heavy atom. The molecule has 1 atom stereocenters. The lowest BCUT2D eigenvalue weighted by Crippen LogP contribution is -2.44. The van der Waals surface area contributed by atoms with Gasteiger partial charge in [-0.1, -0.05) is 42.5 Å². The SMILES string of the molecule is C[C@H]1CC(=O)c2ccccc2N1C(=O)OCc1ccccc1. The van der Waals surface area contributed by atoms with Crippen molar-refractivity contribution in [2.75, 3.05) is 4.90 Å². The molecule has 0 bridgehead atoms. The van der Waals surface area contributed by atoms with Crippen molar-refractivity contribution in [2.45, 2.75) is 26.0 Å². The summed E-state index contributed by atoms with van der Waals surface area (Å²) in [4.78, 5) is 26.1. The lowest BCUT2D eigenvalue weighted by molar-refractivity contribution is 0.0964. The van der Waals surface area contributed by atoms with Crippen molar-refractivity contribution in [3.8, 4) is 0 Å². The van der Waals surface area contributed by atoms with Crippen LogP contribution in [0.1, 0.15) is 29.3 Å². The number of Topliss-reactive ketones (excluding diaryl/α,β-unsaturated/α-hetero) is 1. The van der Waals surface area contributed by atoms with Crippen LogP contribution in [-0.4, -0.2) is 17.9 Å². The summed E-state index contributed by atoms with van der Waals surface area (Å²) in [7, 11) is 0. The zero-order chi connectivity index (χ0) is 15.5. The molecule has 1 aliphatic heterocycles. The van der Waals surface area contributed by atoms with Gasteiger partial charge in [0.15, 0.2) is 5.78 Å². The van der Waals surface area contributed by atoms with E-state index in [1.165, 1.54) is 0 Å². The van der Waals surface area contributed by atoms with Crippen LogP contribution in [-0.2, 0) is 11.3 Å². The molecule has 0 unspecified atom stereocenters. The molecule has 1 heterocycles. The van der Waals surface area contributed by atoms with Crippen LogP contribution >= 0.6 is 0 Å². The van der Waals surface area contributed by atoms with Crippen LogP contribution in [0.25, 0.3) is 0 Å². The van der Waals surface area contributed by atoms with E-state index in [0.29, 0.717) is 17.7 Å². The summed E-state index contributed by atoms with van der Waals surface area (Å²) in [5.41, 5.74) is 2.14. The highest BCUT2D eigenvalue weighted by molar-refractivity contribution is 6.08. The number of carbonyl (C=O) groups excluding carboxylic acids is 2. The predicted octanol–water partition coefficient (Wildman–Crippen LogP) is 3.80. The third kappa shape index (κ3) is 2.72. The number of ether oxygens (including phenoxy) is 1. The first kappa shape index (κ1) is 14.3. The monoisotopic (exact) mass is 295 g/mol. The van der Waals surface area contributed by atoms with Crippen LogP contribution in [0.15, 0.2) is 54.6 Å². The minimum atomic E-state index is -0.420. The summed E-state index contributed by atoms with van der Waals surface area (Å²) in [6.45, 7) is 2.08. The van der Waals surface area contributed by atoms with Gasteiger partial charge in [-0.3, -0.25) is 9.69 Å². The molecule has 0 aromatic heterocycles. The van der Waals surface area contributed by atoms with Gasteiger partial charge in [-0.15, -0.1) is 0 Å². The van der Waals surface area contributed by atoms with Gasteiger partial charge < -0.3 is 4.74 Å². The number of para-hydroxylation sites is 1. The van der Waals surface area contributed by atoms with Gasteiger partial charge in [0.25, 0.3) is 0 Å². The van der Waals surface area contributed by atoms with Gasteiger partial charge in [-0.05, 0) is 24.6 Å². The van der Waals surface area contributed by atoms with Crippen molar-refractivity contribution in [3.05, 3.63) is 65.7 Å². The summed E-state index contributed by atoms with van der Waals surface area (Å²) in [5.74, 6) is 0.0650. The van der Waals surface area contributed by atoms with Crippen molar-refractivity contribution in [3.63, 3.8) is 0 Å². The molecule has 0 saturated heterocycles. The van der Waals surface area contributed by atoms with Crippen molar-refractivity contribution in [1.29, 1.82) is 0 Å². The second kappa shape index (κ2) is 6.02. The van der Waals surface area contributed by atoms with E-state index in [4.69, 9.17) is 4.74 Å². The Balaban J connectivity index is 1.80. The summed E-state index contributed by atoms with van der Waals surface area (Å²) in [6.07, 6.45) is -0.103. The molecule has 0 saturated carbocycles. The van der Waals surface area contributed by atoms with E-state index < -0.39 is 6.09 Å². The van der Waals surface area contributed by atoms with E-state index in [0.717, 1.165) is 5.56 Å². The molecule has 4 heteroatoms. The number of anilines is 1. The minimum Gasteiger partial charge on any atom is -0.444 e. The maximum Gasteiger partial charge on any atom is 0.414 e. The molecule has 22 heavy (non-hydrogen) atoms. The second-order valence-electron chi connectivity index (χ2n) is 5.40. The molecule has 0 fully saturated rings. The lowest BCUT2D eigenvalue weighted by atomic mass is 9.96. The van der Waals surface area contributed by atoms with Gasteiger partial charge in [-0.25, -0.2) is 4.79 Å². The molecule has 1 amide bonds. The van der Waals surface area contributed by atoms with E-state index in [-0.39, 0.29) is 18.4 Å². The Morgan fingerprint density at radius 2 is 1.82 bits per heavy atom. The number of carbonyl (C=O) groups is 2. The van der Waals surface area contributed by atoms with Crippen molar-refractivity contribution >= 4 is 17.6 Å². The highest BCUT2D eigenvalue weighted by atomic mass is 16.6. The second-order valence-corrected chi connectivity index (χ2v) is 5.40. The number of nitrogens with zero attached hydrogens (tertiary/aromatic N) is 1. The van der Waals surface area contributed by atoms with Crippen LogP contribution in [0, 0.1) is 0 Å². The third-order valence-electron chi connectivity index (χ3n) is 3.79. The number of benzene rings is 2. The van der Waals surface area contributed by atoms with Crippen LogP contribution in [0.2, 0.25) is 0 Å².